The van der Waals surface area contributed by atoms with E-state index in [-0.39, 0.29) is 24.0 Å². The van der Waals surface area contributed by atoms with Gasteiger partial charge in [-0.3, -0.25) is 0 Å². The van der Waals surface area contributed by atoms with E-state index in [4.69, 9.17) is 0 Å². The monoisotopic (exact) mass is 327 g/mol. The summed E-state index contributed by atoms with van der Waals surface area (Å²) in [5, 5.41) is 0. The van der Waals surface area contributed by atoms with Crippen LogP contribution in [0.4, 0.5) is 0 Å². The summed E-state index contributed by atoms with van der Waals surface area (Å²) in [5.41, 5.74) is 4.65. The van der Waals surface area contributed by atoms with Gasteiger partial charge in [0.15, 0.2) is 0 Å². The van der Waals surface area contributed by atoms with E-state index >= 15 is 0 Å². The van der Waals surface area contributed by atoms with Crippen molar-refractivity contribution in [2.24, 2.45) is 5.92 Å². The number of likely N-dealkylation sites (N-methyl/N-ethyl adjacent to an activating group) is 1. The summed E-state index contributed by atoms with van der Waals surface area (Å²) < 4.78 is 1.16. The Morgan fingerprint density at radius 2 is 1.94 bits per heavy atom. The maximum absolute atomic E-state index is 2.43. The predicted octanol–water partition coefficient (Wildman–Crippen LogP) is -0.664. The average Bonchev–Trinajstić information content (AvgIpc) is 2.46. The number of rotatable bonds is 0. The summed E-state index contributed by atoms with van der Waals surface area (Å²) in [5.74, 6) is 0.801. The van der Waals surface area contributed by atoms with Crippen LogP contribution in [0.5, 0.6) is 0 Å². The molecule has 1 nitrogen and oxygen atoms in total. The smallest absolute Gasteiger partial charge is 0.101 e. The van der Waals surface area contributed by atoms with E-state index in [2.05, 4.69) is 44.4 Å². The minimum atomic E-state index is 0. The fourth-order valence-corrected chi connectivity index (χ4v) is 3.09. The summed E-state index contributed by atoms with van der Waals surface area (Å²) in [6.45, 7) is 2.54. The molecule has 0 radical (unpaired) electrons. The molecule has 1 fully saturated rings. The van der Waals surface area contributed by atoms with Crippen molar-refractivity contribution in [3.8, 4) is 0 Å². The highest BCUT2D eigenvalue weighted by Crippen LogP contribution is 2.35. The standard InChI is InChI=1S/C14H18N.HI/c1-15(2)9-13-7-11-5-3-4-6-12(11)8-14(13)10-15;/h3-7,14H,8-10H2,1-2H3;1H/q+1;/p-1. The molecule has 1 heterocycles. The number of quaternary nitrogens is 1. The summed E-state index contributed by atoms with van der Waals surface area (Å²) in [7, 11) is 4.67. The first-order valence-electron chi connectivity index (χ1n) is 5.74. The van der Waals surface area contributed by atoms with Gasteiger partial charge in [0.25, 0.3) is 0 Å². The quantitative estimate of drug-likeness (QED) is 0.438. The molecule has 0 bridgehead atoms. The molecular weight excluding hydrogens is 309 g/mol. The van der Waals surface area contributed by atoms with Gasteiger partial charge in [-0.15, -0.1) is 0 Å². The Labute approximate surface area is 115 Å². The third-order valence-corrected chi connectivity index (χ3v) is 3.71. The Morgan fingerprint density at radius 3 is 2.75 bits per heavy atom. The van der Waals surface area contributed by atoms with Gasteiger partial charge in [-0.2, -0.15) is 0 Å². The molecule has 86 valence electrons. The van der Waals surface area contributed by atoms with Crippen molar-refractivity contribution in [3.05, 3.63) is 41.0 Å². The first-order chi connectivity index (χ1) is 7.14. The van der Waals surface area contributed by atoms with E-state index in [1.807, 2.05) is 0 Å². The van der Waals surface area contributed by atoms with Crippen LogP contribution >= 0.6 is 0 Å². The molecular formula is C14H18IN. The van der Waals surface area contributed by atoms with Gasteiger partial charge in [0.1, 0.15) is 6.54 Å². The second-order valence-corrected chi connectivity index (χ2v) is 5.60. The maximum Gasteiger partial charge on any atom is 0.101 e. The molecule has 2 aliphatic rings. The Morgan fingerprint density at radius 1 is 1.19 bits per heavy atom. The highest BCUT2D eigenvalue weighted by Gasteiger charge is 2.37. The third kappa shape index (κ3) is 2.05. The van der Waals surface area contributed by atoms with Gasteiger partial charge in [0.05, 0.1) is 20.6 Å². The third-order valence-electron chi connectivity index (χ3n) is 3.71. The molecule has 0 saturated carbocycles. The van der Waals surface area contributed by atoms with E-state index in [0.717, 1.165) is 10.4 Å². The summed E-state index contributed by atoms with van der Waals surface area (Å²) >= 11 is 0. The van der Waals surface area contributed by atoms with E-state index in [1.165, 1.54) is 30.6 Å². The molecule has 1 aromatic rings. The van der Waals surface area contributed by atoms with Crippen LogP contribution < -0.4 is 24.0 Å². The van der Waals surface area contributed by atoms with Crippen LogP contribution in [0.25, 0.3) is 6.08 Å². The van der Waals surface area contributed by atoms with E-state index in [0.29, 0.717) is 0 Å². The SMILES string of the molecule is C[N+]1(C)CC2=Cc3ccccc3CC2C1.[I-]. The van der Waals surface area contributed by atoms with Gasteiger partial charge in [0.2, 0.25) is 0 Å². The maximum atomic E-state index is 2.43. The zero-order valence-corrected chi connectivity index (χ0v) is 12.1. The number of hydrogen-bond acceptors (Lipinski definition) is 0. The van der Waals surface area contributed by atoms with Crippen molar-refractivity contribution in [3.63, 3.8) is 0 Å². The van der Waals surface area contributed by atoms with Crippen molar-refractivity contribution in [1.29, 1.82) is 0 Å². The lowest BCUT2D eigenvalue weighted by molar-refractivity contribution is -0.877. The van der Waals surface area contributed by atoms with Crippen LogP contribution in [0, 0.1) is 5.92 Å². The van der Waals surface area contributed by atoms with Gasteiger partial charge in [-0.1, -0.05) is 24.3 Å². The van der Waals surface area contributed by atoms with E-state index < -0.39 is 0 Å². The highest BCUT2D eigenvalue weighted by atomic mass is 127. The lowest BCUT2D eigenvalue weighted by Crippen LogP contribution is -3.00. The molecule has 1 aliphatic heterocycles. The lowest BCUT2D eigenvalue weighted by atomic mass is 9.85. The number of nitrogens with zero attached hydrogens (tertiary/aromatic N) is 1. The molecule has 1 aliphatic carbocycles. The Hall–Kier alpha value is -0.350. The Bertz CT molecular complexity index is 434. The van der Waals surface area contributed by atoms with Crippen molar-refractivity contribution in [2.75, 3.05) is 27.2 Å². The first kappa shape index (κ1) is 12.1. The zero-order valence-electron chi connectivity index (χ0n) is 9.91. The van der Waals surface area contributed by atoms with Gasteiger partial charge < -0.3 is 28.5 Å². The molecule has 1 aromatic carbocycles. The molecule has 0 aromatic heterocycles. The second kappa shape index (κ2) is 4.15. The van der Waals surface area contributed by atoms with Crippen LogP contribution in [-0.4, -0.2) is 31.7 Å². The summed E-state index contributed by atoms with van der Waals surface area (Å²) in [6.07, 6.45) is 3.68. The fourth-order valence-electron chi connectivity index (χ4n) is 3.09. The molecule has 1 saturated heterocycles. The second-order valence-electron chi connectivity index (χ2n) is 5.60. The molecule has 0 N–H and O–H groups in total. The van der Waals surface area contributed by atoms with Crippen LogP contribution in [0.2, 0.25) is 0 Å². The molecule has 0 spiro atoms. The highest BCUT2D eigenvalue weighted by molar-refractivity contribution is 5.60. The van der Waals surface area contributed by atoms with Crippen molar-refractivity contribution >= 4 is 6.08 Å². The summed E-state index contributed by atoms with van der Waals surface area (Å²) in [6, 6.07) is 8.83. The largest absolute Gasteiger partial charge is 1.00 e. The molecule has 1 unspecified atom stereocenters. The molecule has 1 atom stereocenters. The zero-order chi connectivity index (χ0) is 10.5. The van der Waals surface area contributed by atoms with Crippen LogP contribution in [0.1, 0.15) is 11.1 Å². The number of benzene rings is 1. The van der Waals surface area contributed by atoms with E-state index in [1.54, 1.807) is 5.57 Å². The molecule has 2 heteroatoms. The molecule has 16 heavy (non-hydrogen) atoms. The number of halogens is 1. The van der Waals surface area contributed by atoms with Crippen molar-refractivity contribution in [2.45, 2.75) is 6.42 Å². The lowest BCUT2D eigenvalue weighted by Gasteiger charge is -2.22. The number of fused-ring (bicyclic) bond motifs is 2. The minimum Gasteiger partial charge on any atom is -1.00 e. The fraction of sp³-hybridized carbons (Fsp3) is 0.429. The Balaban J connectivity index is 0.000000963. The van der Waals surface area contributed by atoms with Crippen molar-refractivity contribution < 1.29 is 28.5 Å². The van der Waals surface area contributed by atoms with Crippen LogP contribution in [0.15, 0.2) is 29.8 Å². The van der Waals surface area contributed by atoms with Crippen LogP contribution in [-0.2, 0) is 6.42 Å². The Kier molecular flexibility index (Phi) is 3.14. The number of likely N-dealkylation sites (tertiary alicyclic amines) is 1. The van der Waals surface area contributed by atoms with Crippen molar-refractivity contribution in [1.82, 2.24) is 0 Å². The van der Waals surface area contributed by atoms with Gasteiger partial charge in [-0.25, -0.2) is 0 Å². The normalized spacial score (nSPS) is 25.1. The predicted molar refractivity (Wildman–Crippen MR) is 63.5 cm³/mol. The van der Waals surface area contributed by atoms with Gasteiger partial charge >= 0.3 is 0 Å². The summed E-state index contributed by atoms with van der Waals surface area (Å²) in [4.78, 5) is 0. The van der Waals surface area contributed by atoms with Crippen LogP contribution in [0.3, 0.4) is 0 Å². The van der Waals surface area contributed by atoms with Gasteiger partial charge in [0, 0.05) is 5.92 Å². The first-order valence-corrected chi connectivity index (χ1v) is 5.74. The average molecular weight is 327 g/mol. The topological polar surface area (TPSA) is 0 Å². The minimum absolute atomic E-state index is 0. The number of hydrogen-bond donors (Lipinski definition) is 0. The van der Waals surface area contributed by atoms with Gasteiger partial charge in [-0.05, 0) is 29.2 Å². The molecule has 0 amide bonds. The molecule has 3 rings (SSSR count). The van der Waals surface area contributed by atoms with E-state index in [9.17, 15) is 0 Å².